The van der Waals surface area contributed by atoms with Crippen LogP contribution in [0.5, 0.6) is 0 Å². The number of esters is 1. The molecule has 0 bridgehead atoms. The third-order valence-electron chi connectivity index (χ3n) is 2.28. The fourth-order valence-corrected chi connectivity index (χ4v) is 1.53. The zero-order valence-electron chi connectivity index (χ0n) is 10.3. The fraction of sp³-hybridized carbons (Fsp3) is 0.545. The van der Waals surface area contributed by atoms with Gasteiger partial charge in [0.2, 0.25) is 0 Å². The van der Waals surface area contributed by atoms with Gasteiger partial charge in [0.25, 0.3) is 5.56 Å². The van der Waals surface area contributed by atoms with E-state index in [2.05, 4.69) is 15.5 Å². The molecule has 0 spiro atoms. The number of aromatic nitrogens is 2. The molecule has 7 heteroatoms. The van der Waals surface area contributed by atoms with Crippen molar-refractivity contribution >= 4 is 23.3 Å². The van der Waals surface area contributed by atoms with Gasteiger partial charge in [0.05, 0.1) is 18.5 Å². The molecule has 6 nitrogen and oxygen atoms in total. The Labute approximate surface area is 110 Å². The molecular weight excluding hydrogens is 258 g/mol. The Morgan fingerprint density at radius 3 is 3.06 bits per heavy atom. The number of nitrogens with one attached hydrogen (secondary N) is 2. The van der Waals surface area contributed by atoms with E-state index in [9.17, 15) is 9.59 Å². The predicted molar refractivity (Wildman–Crippen MR) is 68.8 cm³/mol. The summed E-state index contributed by atoms with van der Waals surface area (Å²) >= 11 is 5.81. The maximum atomic E-state index is 11.2. The van der Waals surface area contributed by atoms with Gasteiger partial charge in [-0.25, -0.2) is 5.10 Å². The number of ether oxygens (including phenoxy) is 1. The van der Waals surface area contributed by atoms with Crippen LogP contribution in [0.4, 0.5) is 5.69 Å². The van der Waals surface area contributed by atoms with Crippen molar-refractivity contribution in [3.8, 4) is 0 Å². The summed E-state index contributed by atoms with van der Waals surface area (Å²) in [7, 11) is 0. The lowest BCUT2D eigenvalue weighted by atomic mass is 10.2. The summed E-state index contributed by atoms with van der Waals surface area (Å²) < 4.78 is 4.83. The van der Waals surface area contributed by atoms with Crippen LogP contribution in [0.3, 0.4) is 0 Å². The van der Waals surface area contributed by atoms with E-state index >= 15 is 0 Å². The van der Waals surface area contributed by atoms with E-state index < -0.39 is 5.56 Å². The minimum atomic E-state index is -0.445. The number of hydrogen-bond donors (Lipinski definition) is 2. The van der Waals surface area contributed by atoms with Gasteiger partial charge in [0, 0.05) is 12.5 Å². The van der Waals surface area contributed by atoms with E-state index in [0.29, 0.717) is 25.1 Å². The summed E-state index contributed by atoms with van der Waals surface area (Å²) in [5.74, 6) is -0.235. The Bertz CT molecular complexity index is 461. The molecular formula is C11H16ClN3O3. The molecule has 1 aromatic heterocycles. The van der Waals surface area contributed by atoms with Gasteiger partial charge in [-0.05, 0) is 20.3 Å². The molecule has 1 aromatic rings. The predicted octanol–water partition coefficient (Wildman–Crippen LogP) is 1.57. The number of aromatic amines is 1. The molecule has 1 rings (SSSR count). The smallest absolute Gasteiger partial charge is 0.305 e. The third kappa shape index (κ3) is 4.37. The molecule has 0 aliphatic rings. The summed E-state index contributed by atoms with van der Waals surface area (Å²) in [6.45, 7) is 4.03. The van der Waals surface area contributed by atoms with E-state index in [1.807, 2.05) is 6.92 Å². The van der Waals surface area contributed by atoms with Crippen LogP contribution in [-0.2, 0) is 9.53 Å². The highest BCUT2D eigenvalue weighted by Gasteiger charge is 2.10. The Morgan fingerprint density at radius 1 is 1.67 bits per heavy atom. The number of halogens is 1. The second kappa shape index (κ2) is 7.00. The quantitative estimate of drug-likeness (QED) is 0.769. The van der Waals surface area contributed by atoms with E-state index in [1.54, 1.807) is 6.92 Å². The van der Waals surface area contributed by atoms with Gasteiger partial charge < -0.3 is 10.1 Å². The van der Waals surface area contributed by atoms with Crippen LogP contribution >= 0.6 is 11.6 Å². The summed E-state index contributed by atoms with van der Waals surface area (Å²) in [5, 5.41) is 8.96. The summed E-state index contributed by atoms with van der Waals surface area (Å²) in [6.07, 6.45) is 2.34. The highest BCUT2D eigenvalue weighted by atomic mass is 35.5. The molecule has 0 saturated heterocycles. The number of hydrogen-bond acceptors (Lipinski definition) is 5. The van der Waals surface area contributed by atoms with Crippen molar-refractivity contribution in [2.45, 2.75) is 32.7 Å². The Balaban J connectivity index is 2.49. The van der Waals surface area contributed by atoms with Crippen molar-refractivity contribution in [1.29, 1.82) is 0 Å². The molecule has 2 N–H and O–H groups in total. The molecule has 1 atom stereocenters. The molecule has 0 saturated carbocycles. The molecule has 0 amide bonds. The summed E-state index contributed by atoms with van der Waals surface area (Å²) in [6, 6.07) is -0.0180. The minimum Gasteiger partial charge on any atom is -0.466 e. The molecule has 0 radical (unpaired) electrons. The lowest BCUT2D eigenvalue weighted by Crippen LogP contribution is -2.20. The molecule has 18 heavy (non-hydrogen) atoms. The van der Waals surface area contributed by atoms with Crippen molar-refractivity contribution in [2.75, 3.05) is 11.9 Å². The second-order valence-electron chi connectivity index (χ2n) is 3.82. The van der Waals surface area contributed by atoms with Crippen LogP contribution in [0.25, 0.3) is 0 Å². The SMILES string of the molecule is CCOC(=O)CCC(C)Nc1cn[nH]c(=O)c1Cl. The van der Waals surface area contributed by atoms with Crippen molar-refractivity contribution in [3.63, 3.8) is 0 Å². The van der Waals surface area contributed by atoms with Crippen molar-refractivity contribution < 1.29 is 9.53 Å². The van der Waals surface area contributed by atoms with Crippen molar-refractivity contribution in [3.05, 3.63) is 21.6 Å². The second-order valence-corrected chi connectivity index (χ2v) is 4.19. The number of anilines is 1. The Hall–Kier alpha value is -1.56. The van der Waals surface area contributed by atoms with Gasteiger partial charge in [-0.2, -0.15) is 5.10 Å². The van der Waals surface area contributed by atoms with E-state index in [1.165, 1.54) is 6.20 Å². The highest BCUT2D eigenvalue weighted by molar-refractivity contribution is 6.32. The van der Waals surface area contributed by atoms with Gasteiger partial charge in [-0.3, -0.25) is 9.59 Å². The summed E-state index contributed by atoms with van der Waals surface area (Å²) in [4.78, 5) is 22.4. The third-order valence-corrected chi connectivity index (χ3v) is 2.66. The van der Waals surface area contributed by atoms with Gasteiger partial charge in [-0.1, -0.05) is 11.6 Å². The van der Waals surface area contributed by atoms with Crippen LogP contribution in [0.1, 0.15) is 26.7 Å². The van der Waals surface area contributed by atoms with Gasteiger partial charge in [0.15, 0.2) is 0 Å². The van der Waals surface area contributed by atoms with Crippen LogP contribution in [0.15, 0.2) is 11.0 Å². The zero-order chi connectivity index (χ0) is 13.5. The molecule has 0 aliphatic carbocycles. The number of rotatable bonds is 6. The van der Waals surface area contributed by atoms with E-state index in [0.717, 1.165) is 0 Å². The van der Waals surface area contributed by atoms with Gasteiger partial charge >= 0.3 is 5.97 Å². The highest BCUT2D eigenvalue weighted by Crippen LogP contribution is 2.16. The molecule has 0 aromatic carbocycles. The molecule has 1 unspecified atom stereocenters. The molecule has 0 fully saturated rings. The first kappa shape index (κ1) is 14.5. The minimum absolute atomic E-state index is 0.0180. The largest absolute Gasteiger partial charge is 0.466 e. The standard InChI is InChI=1S/C11H16ClN3O3/c1-3-18-9(16)5-4-7(2)14-8-6-13-15-11(17)10(8)12/h6-7H,3-5H2,1-2H3,(H2,14,15,17). The first-order valence-electron chi connectivity index (χ1n) is 5.70. The van der Waals surface area contributed by atoms with Crippen LogP contribution < -0.4 is 10.9 Å². The lowest BCUT2D eigenvalue weighted by Gasteiger charge is -2.14. The van der Waals surface area contributed by atoms with Crippen molar-refractivity contribution in [2.24, 2.45) is 0 Å². The molecule has 0 aliphatic heterocycles. The van der Waals surface area contributed by atoms with Gasteiger partial charge in [0.1, 0.15) is 5.02 Å². The Kier molecular flexibility index (Phi) is 5.64. The average molecular weight is 274 g/mol. The van der Waals surface area contributed by atoms with E-state index in [4.69, 9.17) is 16.3 Å². The molecule has 1 heterocycles. The first-order chi connectivity index (χ1) is 8.54. The number of carbonyl (C=O) groups is 1. The van der Waals surface area contributed by atoms with Crippen LogP contribution in [0.2, 0.25) is 5.02 Å². The van der Waals surface area contributed by atoms with E-state index in [-0.39, 0.29) is 17.0 Å². The zero-order valence-corrected chi connectivity index (χ0v) is 11.1. The lowest BCUT2D eigenvalue weighted by molar-refractivity contribution is -0.143. The topological polar surface area (TPSA) is 84.1 Å². The number of nitrogens with zero attached hydrogens (tertiary/aromatic N) is 1. The number of carbonyl (C=O) groups excluding carboxylic acids is 1. The first-order valence-corrected chi connectivity index (χ1v) is 6.07. The van der Waals surface area contributed by atoms with Crippen LogP contribution in [-0.4, -0.2) is 28.8 Å². The van der Waals surface area contributed by atoms with Crippen molar-refractivity contribution in [1.82, 2.24) is 10.2 Å². The molecule has 100 valence electrons. The monoisotopic (exact) mass is 273 g/mol. The summed E-state index contributed by atoms with van der Waals surface area (Å²) in [5.41, 5.74) is 0.0102. The number of H-pyrrole nitrogens is 1. The maximum absolute atomic E-state index is 11.2. The Morgan fingerprint density at radius 2 is 2.39 bits per heavy atom. The van der Waals surface area contributed by atoms with Crippen LogP contribution in [0, 0.1) is 0 Å². The maximum Gasteiger partial charge on any atom is 0.305 e. The average Bonchev–Trinajstić information content (AvgIpc) is 2.33. The normalized spacial score (nSPS) is 11.9. The fourth-order valence-electron chi connectivity index (χ4n) is 1.39. The van der Waals surface area contributed by atoms with Gasteiger partial charge in [-0.15, -0.1) is 0 Å².